The molecule has 4 heteroatoms. The van der Waals surface area contributed by atoms with Crippen molar-refractivity contribution in [3.8, 4) is 0 Å². The number of hydrogen-bond acceptors (Lipinski definition) is 4. The lowest BCUT2D eigenvalue weighted by molar-refractivity contribution is 0.390. The second kappa shape index (κ2) is 3.53. The Kier molecular flexibility index (Phi) is 2.37. The summed E-state index contributed by atoms with van der Waals surface area (Å²) in [4.78, 5) is 10.8. The summed E-state index contributed by atoms with van der Waals surface area (Å²) in [7, 11) is 4.01. The minimum Gasteiger partial charge on any atom is -0.384 e. The van der Waals surface area contributed by atoms with Crippen LogP contribution in [0.4, 0.5) is 5.82 Å². The number of aromatic nitrogens is 2. The molecule has 0 unspecified atom stereocenters. The molecule has 0 atom stereocenters. The second-order valence-corrected chi connectivity index (χ2v) is 4.15. The van der Waals surface area contributed by atoms with Gasteiger partial charge in [0.1, 0.15) is 11.6 Å². The molecular formula is C10H16N4. The van der Waals surface area contributed by atoms with Crippen LogP contribution < -0.4 is 5.73 Å². The third-order valence-corrected chi connectivity index (χ3v) is 2.27. The molecule has 76 valence electrons. The molecule has 1 aliphatic carbocycles. The van der Waals surface area contributed by atoms with Crippen molar-refractivity contribution in [2.75, 3.05) is 19.8 Å². The monoisotopic (exact) mass is 192 g/mol. The van der Waals surface area contributed by atoms with Gasteiger partial charge in [-0.2, -0.15) is 0 Å². The number of nitrogen functional groups attached to an aromatic ring is 1. The molecule has 2 rings (SSSR count). The van der Waals surface area contributed by atoms with E-state index in [9.17, 15) is 0 Å². The molecule has 4 nitrogen and oxygen atoms in total. The Hall–Kier alpha value is -1.16. The van der Waals surface area contributed by atoms with Crippen LogP contribution in [0.3, 0.4) is 0 Å². The van der Waals surface area contributed by atoms with Gasteiger partial charge in [0.25, 0.3) is 0 Å². The quantitative estimate of drug-likeness (QED) is 0.776. The van der Waals surface area contributed by atoms with Gasteiger partial charge in [0.2, 0.25) is 0 Å². The van der Waals surface area contributed by atoms with Gasteiger partial charge >= 0.3 is 0 Å². The normalized spacial score (nSPS) is 16.2. The third kappa shape index (κ3) is 2.20. The summed E-state index contributed by atoms with van der Waals surface area (Å²) in [5.41, 5.74) is 6.85. The van der Waals surface area contributed by atoms with E-state index < -0.39 is 0 Å². The van der Waals surface area contributed by atoms with Crippen molar-refractivity contribution in [3.63, 3.8) is 0 Å². The van der Waals surface area contributed by atoms with Gasteiger partial charge in [-0.25, -0.2) is 9.97 Å². The predicted octanol–water partition coefficient (Wildman–Crippen LogP) is 0.998. The molecule has 1 aromatic rings. The maximum Gasteiger partial charge on any atom is 0.144 e. The summed E-state index contributed by atoms with van der Waals surface area (Å²) in [6.45, 7) is 0.755. The second-order valence-electron chi connectivity index (χ2n) is 4.15. The molecule has 0 aromatic carbocycles. The van der Waals surface area contributed by atoms with Gasteiger partial charge in [-0.15, -0.1) is 0 Å². The Morgan fingerprint density at radius 2 is 2.14 bits per heavy atom. The van der Waals surface area contributed by atoms with E-state index in [1.807, 2.05) is 25.1 Å². The van der Waals surface area contributed by atoms with Crippen LogP contribution in [0.5, 0.6) is 0 Å². The molecule has 0 aliphatic heterocycles. The third-order valence-electron chi connectivity index (χ3n) is 2.27. The fourth-order valence-corrected chi connectivity index (χ4v) is 1.48. The minimum absolute atomic E-state index is 0.596. The Morgan fingerprint density at radius 3 is 2.71 bits per heavy atom. The molecule has 0 bridgehead atoms. The highest BCUT2D eigenvalue weighted by Gasteiger charge is 2.25. The largest absolute Gasteiger partial charge is 0.384 e. The first kappa shape index (κ1) is 9.40. The lowest BCUT2D eigenvalue weighted by Gasteiger charge is -2.09. The Labute approximate surface area is 84.2 Å². The average Bonchev–Trinajstić information content (AvgIpc) is 2.82. The van der Waals surface area contributed by atoms with Crippen LogP contribution >= 0.6 is 0 Å². The molecule has 14 heavy (non-hydrogen) atoms. The molecule has 1 aliphatic rings. The molecule has 0 amide bonds. The number of nitrogens with two attached hydrogens (primary N) is 1. The average molecular weight is 192 g/mol. The molecule has 0 radical (unpaired) electrons. The van der Waals surface area contributed by atoms with E-state index in [0.717, 1.165) is 18.1 Å². The van der Waals surface area contributed by atoms with Crippen molar-refractivity contribution < 1.29 is 0 Å². The van der Waals surface area contributed by atoms with Gasteiger partial charge in [0.15, 0.2) is 0 Å². The number of anilines is 1. The number of rotatable bonds is 3. The summed E-state index contributed by atoms with van der Waals surface area (Å²) >= 11 is 0. The van der Waals surface area contributed by atoms with Crippen molar-refractivity contribution in [1.82, 2.24) is 14.9 Å². The first-order valence-electron chi connectivity index (χ1n) is 4.93. The highest BCUT2D eigenvalue weighted by atomic mass is 15.1. The maximum atomic E-state index is 5.73. The number of nitrogens with zero attached hydrogens (tertiary/aromatic N) is 3. The van der Waals surface area contributed by atoms with Crippen LogP contribution in [-0.2, 0) is 6.54 Å². The van der Waals surface area contributed by atoms with E-state index >= 15 is 0 Å². The highest BCUT2D eigenvalue weighted by molar-refractivity contribution is 5.32. The van der Waals surface area contributed by atoms with E-state index in [0.29, 0.717) is 11.7 Å². The molecule has 2 N–H and O–H groups in total. The van der Waals surface area contributed by atoms with Gasteiger partial charge in [-0.3, -0.25) is 0 Å². The summed E-state index contributed by atoms with van der Waals surface area (Å²) in [6.07, 6.45) is 2.50. The molecule has 1 fully saturated rings. The van der Waals surface area contributed by atoms with Crippen LogP contribution in [0.25, 0.3) is 0 Å². The maximum absolute atomic E-state index is 5.73. The SMILES string of the molecule is CN(C)Cc1nc(N)cc(C2CC2)n1. The van der Waals surface area contributed by atoms with Crippen LogP contribution in [0.2, 0.25) is 0 Å². The molecule has 0 spiro atoms. The van der Waals surface area contributed by atoms with Crippen molar-refractivity contribution in [2.45, 2.75) is 25.3 Å². The molecule has 1 heterocycles. The molecular weight excluding hydrogens is 176 g/mol. The molecule has 0 saturated heterocycles. The molecule has 1 aromatic heterocycles. The molecule has 1 saturated carbocycles. The lowest BCUT2D eigenvalue weighted by Crippen LogP contribution is -2.14. The summed E-state index contributed by atoms with van der Waals surface area (Å²) in [5.74, 6) is 2.07. The van der Waals surface area contributed by atoms with Gasteiger partial charge in [0, 0.05) is 17.7 Å². The first-order chi connectivity index (χ1) is 6.65. The van der Waals surface area contributed by atoms with Crippen LogP contribution in [0.15, 0.2) is 6.07 Å². The lowest BCUT2D eigenvalue weighted by atomic mass is 10.2. The van der Waals surface area contributed by atoms with E-state index in [2.05, 4.69) is 9.97 Å². The Balaban J connectivity index is 2.22. The fraction of sp³-hybridized carbons (Fsp3) is 0.600. The van der Waals surface area contributed by atoms with Crippen molar-refractivity contribution in [3.05, 3.63) is 17.6 Å². The van der Waals surface area contributed by atoms with E-state index in [-0.39, 0.29) is 0 Å². The fourth-order valence-electron chi connectivity index (χ4n) is 1.48. The topological polar surface area (TPSA) is 55.0 Å². The Morgan fingerprint density at radius 1 is 1.43 bits per heavy atom. The van der Waals surface area contributed by atoms with Crippen LogP contribution in [0, 0.1) is 0 Å². The van der Waals surface area contributed by atoms with Gasteiger partial charge in [-0.05, 0) is 26.9 Å². The van der Waals surface area contributed by atoms with Crippen LogP contribution in [-0.4, -0.2) is 29.0 Å². The summed E-state index contributed by atoms with van der Waals surface area (Å²) in [6, 6.07) is 1.90. The number of hydrogen-bond donors (Lipinski definition) is 1. The van der Waals surface area contributed by atoms with Crippen molar-refractivity contribution >= 4 is 5.82 Å². The predicted molar refractivity (Wildman–Crippen MR) is 55.8 cm³/mol. The van der Waals surface area contributed by atoms with Crippen LogP contribution in [0.1, 0.15) is 30.3 Å². The highest BCUT2D eigenvalue weighted by Crippen LogP contribution is 2.39. The first-order valence-corrected chi connectivity index (χ1v) is 4.93. The zero-order valence-corrected chi connectivity index (χ0v) is 8.70. The zero-order chi connectivity index (χ0) is 10.1. The zero-order valence-electron chi connectivity index (χ0n) is 8.70. The van der Waals surface area contributed by atoms with Crippen molar-refractivity contribution in [2.24, 2.45) is 0 Å². The van der Waals surface area contributed by atoms with Crippen molar-refractivity contribution in [1.29, 1.82) is 0 Å². The Bertz CT molecular complexity index is 331. The van der Waals surface area contributed by atoms with E-state index in [4.69, 9.17) is 5.73 Å². The van der Waals surface area contributed by atoms with Gasteiger partial charge in [-0.1, -0.05) is 0 Å². The standard InChI is InChI=1S/C10H16N4/c1-14(2)6-10-12-8(7-3-4-7)5-9(11)13-10/h5,7H,3-4,6H2,1-2H3,(H2,11,12,13). The van der Waals surface area contributed by atoms with E-state index in [1.165, 1.54) is 12.8 Å². The minimum atomic E-state index is 0.596. The van der Waals surface area contributed by atoms with Gasteiger partial charge in [0.05, 0.1) is 6.54 Å². The summed E-state index contributed by atoms with van der Waals surface area (Å²) in [5, 5.41) is 0. The smallest absolute Gasteiger partial charge is 0.144 e. The van der Waals surface area contributed by atoms with Gasteiger partial charge < -0.3 is 10.6 Å². The summed E-state index contributed by atoms with van der Waals surface area (Å²) < 4.78 is 0. The van der Waals surface area contributed by atoms with E-state index in [1.54, 1.807) is 0 Å².